The van der Waals surface area contributed by atoms with Gasteiger partial charge in [-0.2, -0.15) is 0 Å². The van der Waals surface area contributed by atoms with Crippen LogP contribution >= 0.6 is 0 Å². The van der Waals surface area contributed by atoms with E-state index >= 15 is 0 Å². The Hall–Kier alpha value is -2.08. The average Bonchev–Trinajstić information content (AvgIpc) is 3.22. The van der Waals surface area contributed by atoms with Gasteiger partial charge in [0.15, 0.2) is 5.84 Å². The van der Waals surface area contributed by atoms with Crippen LogP contribution in [0, 0.1) is 0 Å². The predicted molar refractivity (Wildman–Crippen MR) is 71.8 cm³/mol. The van der Waals surface area contributed by atoms with Crippen LogP contribution in [0.2, 0.25) is 0 Å². The molecule has 1 aromatic carbocycles. The van der Waals surface area contributed by atoms with Gasteiger partial charge in [-0.05, 0) is 18.4 Å². The number of carbonyl (C=O) groups is 1. The van der Waals surface area contributed by atoms with Crippen molar-refractivity contribution < 1.29 is 10.0 Å². The number of nitrogens with two attached hydrogens (primary N) is 1. The molecule has 1 saturated carbocycles. The Morgan fingerprint density at radius 2 is 2.05 bits per heavy atom. The van der Waals surface area contributed by atoms with Crippen molar-refractivity contribution in [2.75, 3.05) is 6.54 Å². The molecule has 0 atom stereocenters. The molecule has 1 aliphatic carbocycles. The lowest BCUT2D eigenvalue weighted by Crippen LogP contribution is -2.34. The number of oxime groups is 1. The molecule has 0 aromatic heterocycles. The molecular weight excluding hydrogens is 244 g/mol. The lowest BCUT2D eigenvalue weighted by Gasteiger charge is -2.06. The fourth-order valence-corrected chi connectivity index (χ4v) is 1.68. The number of hydrogen-bond donors (Lipinski definition) is 4. The number of rotatable bonds is 6. The maximum Gasteiger partial charge on any atom is 0.234 e. The van der Waals surface area contributed by atoms with E-state index in [0.29, 0.717) is 24.7 Å². The zero-order valence-electron chi connectivity index (χ0n) is 10.6. The molecule has 1 amide bonds. The van der Waals surface area contributed by atoms with Crippen LogP contribution in [0.3, 0.4) is 0 Å². The van der Waals surface area contributed by atoms with Gasteiger partial charge in [0.2, 0.25) is 5.91 Å². The van der Waals surface area contributed by atoms with Crippen LogP contribution in [-0.4, -0.2) is 29.5 Å². The maximum absolute atomic E-state index is 11.4. The first-order valence-corrected chi connectivity index (χ1v) is 6.26. The molecule has 102 valence electrons. The molecule has 0 saturated heterocycles. The summed E-state index contributed by atoms with van der Waals surface area (Å²) in [6, 6.07) is 7.69. The number of nitrogens with zero attached hydrogens (tertiary/aromatic N) is 1. The molecule has 1 aromatic rings. The van der Waals surface area contributed by atoms with Crippen molar-refractivity contribution in [2.24, 2.45) is 10.9 Å². The highest BCUT2D eigenvalue weighted by atomic mass is 16.4. The monoisotopic (exact) mass is 262 g/mol. The summed E-state index contributed by atoms with van der Waals surface area (Å²) in [5.74, 6) is 0.124. The Kier molecular flexibility index (Phi) is 4.35. The van der Waals surface area contributed by atoms with E-state index in [1.807, 2.05) is 12.1 Å². The van der Waals surface area contributed by atoms with Gasteiger partial charge < -0.3 is 21.6 Å². The summed E-state index contributed by atoms with van der Waals surface area (Å²) in [6.45, 7) is 0.924. The van der Waals surface area contributed by atoms with Crippen molar-refractivity contribution in [1.82, 2.24) is 10.6 Å². The number of carbonyl (C=O) groups excluding carboxylic acids is 1. The van der Waals surface area contributed by atoms with Crippen molar-refractivity contribution in [3.8, 4) is 0 Å². The van der Waals surface area contributed by atoms with Gasteiger partial charge in [0.1, 0.15) is 0 Å². The van der Waals surface area contributed by atoms with Crippen LogP contribution in [0.15, 0.2) is 29.4 Å². The Bertz CT molecular complexity index is 466. The lowest BCUT2D eigenvalue weighted by molar-refractivity contribution is -0.120. The van der Waals surface area contributed by atoms with Gasteiger partial charge in [-0.15, -0.1) is 0 Å². The SMILES string of the molecule is NC(=NO)c1ccc(CNCC(=O)NC2CC2)cc1. The summed E-state index contributed by atoms with van der Waals surface area (Å²) in [4.78, 5) is 11.4. The Labute approximate surface area is 111 Å². The highest BCUT2D eigenvalue weighted by Gasteiger charge is 2.22. The van der Waals surface area contributed by atoms with E-state index < -0.39 is 0 Å². The number of hydrogen-bond acceptors (Lipinski definition) is 4. The second-order valence-electron chi connectivity index (χ2n) is 4.63. The molecule has 1 aliphatic rings. The molecule has 0 bridgehead atoms. The summed E-state index contributed by atoms with van der Waals surface area (Å²) in [6.07, 6.45) is 2.20. The minimum Gasteiger partial charge on any atom is -0.409 e. The van der Waals surface area contributed by atoms with E-state index in [-0.39, 0.29) is 11.7 Å². The molecule has 0 unspecified atom stereocenters. The third-order valence-electron chi connectivity index (χ3n) is 2.91. The topological polar surface area (TPSA) is 99.7 Å². The number of benzene rings is 1. The normalized spacial score (nSPS) is 15.3. The predicted octanol–water partition coefficient (Wildman–Crippen LogP) is 0.149. The average molecular weight is 262 g/mol. The number of nitrogens with one attached hydrogen (secondary N) is 2. The van der Waals surface area contributed by atoms with Gasteiger partial charge >= 0.3 is 0 Å². The molecule has 6 nitrogen and oxygen atoms in total. The van der Waals surface area contributed by atoms with Crippen molar-refractivity contribution >= 4 is 11.7 Å². The van der Waals surface area contributed by atoms with Crippen molar-refractivity contribution in [3.05, 3.63) is 35.4 Å². The van der Waals surface area contributed by atoms with Crippen LogP contribution in [0.5, 0.6) is 0 Å². The van der Waals surface area contributed by atoms with Gasteiger partial charge in [0, 0.05) is 18.2 Å². The lowest BCUT2D eigenvalue weighted by atomic mass is 10.1. The van der Waals surface area contributed by atoms with E-state index in [1.165, 1.54) is 0 Å². The maximum atomic E-state index is 11.4. The van der Waals surface area contributed by atoms with E-state index in [0.717, 1.165) is 18.4 Å². The summed E-state index contributed by atoms with van der Waals surface area (Å²) >= 11 is 0. The van der Waals surface area contributed by atoms with Crippen LogP contribution in [0.4, 0.5) is 0 Å². The largest absolute Gasteiger partial charge is 0.409 e. The van der Waals surface area contributed by atoms with Crippen LogP contribution in [-0.2, 0) is 11.3 Å². The molecule has 2 rings (SSSR count). The van der Waals surface area contributed by atoms with Crippen molar-refractivity contribution in [2.45, 2.75) is 25.4 Å². The van der Waals surface area contributed by atoms with E-state index in [2.05, 4.69) is 15.8 Å². The second kappa shape index (κ2) is 6.19. The summed E-state index contributed by atoms with van der Waals surface area (Å²) < 4.78 is 0. The van der Waals surface area contributed by atoms with Crippen molar-refractivity contribution in [3.63, 3.8) is 0 Å². The summed E-state index contributed by atoms with van der Waals surface area (Å²) in [5.41, 5.74) is 7.17. The zero-order valence-corrected chi connectivity index (χ0v) is 10.6. The van der Waals surface area contributed by atoms with Gasteiger partial charge in [-0.25, -0.2) is 0 Å². The third kappa shape index (κ3) is 4.26. The van der Waals surface area contributed by atoms with Crippen LogP contribution < -0.4 is 16.4 Å². The molecule has 1 fully saturated rings. The molecule has 19 heavy (non-hydrogen) atoms. The molecule has 5 N–H and O–H groups in total. The Morgan fingerprint density at radius 1 is 1.37 bits per heavy atom. The third-order valence-corrected chi connectivity index (χ3v) is 2.91. The number of amidine groups is 1. The van der Waals surface area contributed by atoms with Gasteiger partial charge in [0.05, 0.1) is 6.54 Å². The molecule has 0 heterocycles. The van der Waals surface area contributed by atoms with Gasteiger partial charge in [-0.3, -0.25) is 4.79 Å². The minimum atomic E-state index is 0.0378. The highest BCUT2D eigenvalue weighted by molar-refractivity contribution is 5.96. The molecule has 6 heteroatoms. The number of amides is 1. The first kappa shape index (κ1) is 13.4. The molecule has 0 spiro atoms. The van der Waals surface area contributed by atoms with Gasteiger partial charge in [0.25, 0.3) is 0 Å². The fraction of sp³-hybridized carbons (Fsp3) is 0.385. The van der Waals surface area contributed by atoms with E-state index in [9.17, 15) is 4.79 Å². The van der Waals surface area contributed by atoms with Gasteiger partial charge in [-0.1, -0.05) is 29.4 Å². The second-order valence-corrected chi connectivity index (χ2v) is 4.63. The molecule has 0 aliphatic heterocycles. The van der Waals surface area contributed by atoms with E-state index in [1.54, 1.807) is 12.1 Å². The molecule has 0 radical (unpaired) electrons. The van der Waals surface area contributed by atoms with Crippen molar-refractivity contribution in [1.29, 1.82) is 0 Å². The van der Waals surface area contributed by atoms with Crippen LogP contribution in [0.1, 0.15) is 24.0 Å². The summed E-state index contributed by atoms with van der Waals surface area (Å²) in [5, 5.41) is 17.5. The first-order chi connectivity index (χ1) is 9.19. The smallest absolute Gasteiger partial charge is 0.234 e. The standard InChI is InChI=1S/C13H18N4O2/c14-13(17-19)10-3-1-9(2-4-10)7-15-8-12(18)16-11-5-6-11/h1-4,11,15,19H,5-8H2,(H2,14,17)(H,16,18). The quantitative estimate of drug-likeness (QED) is 0.254. The minimum absolute atomic E-state index is 0.0378. The molecular formula is C13H18N4O2. The fourth-order valence-electron chi connectivity index (χ4n) is 1.68. The first-order valence-electron chi connectivity index (χ1n) is 6.26. The summed E-state index contributed by atoms with van der Waals surface area (Å²) in [7, 11) is 0. The zero-order chi connectivity index (χ0) is 13.7. The van der Waals surface area contributed by atoms with E-state index in [4.69, 9.17) is 10.9 Å². The van der Waals surface area contributed by atoms with Crippen LogP contribution in [0.25, 0.3) is 0 Å². The highest BCUT2D eigenvalue weighted by Crippen LogP contribution is 2.18. The Balaban J connectivity index is 1.74. The Morgan fingerprint density at radius 3 is 2.63 bits per heavy atom.